The van der Waals surface area contributed by atoms with Gasteiger partial charge >= 0.3 is 0 Å². The minimum absolute atomic E-state index is 0.0231. The normalized spacial score (nSPS) is 38.1. The van der Waals surface area contributed by atoms with Gasteiger partial charge in [0.05, 0.1) is 17.9 Å². The maximum atomic E-state index is 9.10. The molecule has 2 fully saturated rings. The summed E-state index contributed by atoms with van der Waals surface area (Å²) in [7, 11) is 2.99. The van der Waals surface area contributed by atoms with Crippen molar-refractivity contribution in [2.75, 3.05) is 20.8 Å². The van der Waals surface area contributed by atoms with Crippen LogP contribution in [0.5, 0.6) is 0 Å². The summed E-state index contributed by atoms with van der Waals surface area (Å²) in [4.78, 5) is 6.69. The summed E-state index contributed by atoms with van der Waals surface area (Å²) in [6.45, 7) is 3.40. The third-order valence-electron chi connectivity index (χ3n) is 5.44. The Hall–Kier alpha value is -2.01. The highest BCUT2D eigenvalue weighted by Gasteiger charge is 2.62. The molecule has 3 unspecified atom stereocenters. The van der Waals surface area contributed by atoms with Crippen LogP contribution >= 0.6 is 11.8 Å². The van der Waals surface area contributed by atoms with Crippen molar-refractivity contribution in [2.45, 2.75) is 60.1 Å². The van der Waals surface area contributed by atoms with Crippen molar-refractivity contribution in [1.29, 1.82) is 0 Å². The van der Waals surface area contributed by atoms with E-state index in [0.29, 0.717) is 0 Å². The fourth-order valence-electron chi connectivity index (χ4n) is 3.56. The van der Waals surface area contributed by atoms with Gasteiger partial charge < -0.3 is 23.7 Å². The topological polar surface area (TPSA) is 144 Å². The standard InChI is InChI=1S/C18H24N6O5S/c1-17(25-3)18(2,26-4)29-14-13(28-17)12(10-21-23-19)27-16(22-24-20)15(14)30-11-8-6-5-7-9-11/h5-9,12-16H,10H2,1-4H3/t12-,13-,14+,15-,16?,17?,18?/m1/s1. The molecule has 2 saturated heterocycles. The Morgan fingerprint density at radius 2 is 1.67 bits per heavy atom. The molecule has 0 aliphatic carbocycles. The van der Waals surface area contributed by atoms with Crippen molar-refractivity contribution < 1.29 is 23.7 Å². The van der Waals surface area contributed by atoms with E-state index in [4.69, 9.17) is 34.7 Å². The van der Waals surface area contributed by atoms with Gasteiger partial charge in [0, 0.05) is 28.9 Å². The second-order valence-corrected chi connectivity index (χ2v) is 8.29. The smallest absolute Gasteiger partial charge is 0.220 e. The lowest BCUT2D eigenvalue weighted by atomic mass is 9.95. The summed E-state index contributed by atoms with van der Waals surface area (Å²) in [6, 6.07) is 9.62. The molecule has 0 amide bonds. The van der Waals surface area contributed by atoms with Gasteiger partial charge in [0.15, 0.2) is 6.23 Å². The third-order valence-corrected chi connectivity index (χ3v) is 6.76. The molecule has 12 heteroatoms. The molecule has 7 atom stereocenters. The van der Waals surface area contributed by atoms with Crippen LogP contribution < -0.4 is 0 Å². The average molecular weight is 436 g/mol. The molecule has 2 aliphatic rings. The van der Waals surface area contributed by atoms with Gasteiger partial charge in [-0.15, -0.1) is 11.8 Å². The first-order valence-corrected chi connectivity index (χ1v) is 10.2. The molecule has 162 valence electrons. The van der Waals surface area contributed by atoms with E-state index in [1.165, 1.54) is 26.0 Å². The van der Waals surface area contributed by atoms with E-state index in [1.54, 1.807) is 13.8 Å². The number of hydrogen-bond donors (Lipinski definition) is 0. The van der Waals surface area contributed by atoms with Gasteiger partial charge in [-0.25, -0.2) is 0 Å². The first kappa shape index (κ1) is 22.7. The summed E-state index contributed by atoms with van der Waals surface area (Å²) in [5, 5.41) is 7.01. The van der Waals surface area contributed by atoms with Gasteiger partial charge in [-0.05, 0) is 37.0 Å². The highest BCUT2D eigenvalue weighted by atomic mass is 32.2. The van der Waals surface area contributed by atoms with Crippen molar-refractivity contribution in [2.24, 2.45) is 10.2 Å². The van der Waals surface area contributed by atoms with E-state index >= 15 is 0 Å². The number of rotatable bonds is 7. The number of benzene rings is 1. The van der Waals surface area contributed by atoms with Crippen LogP contribution in [-0.2, 0) is 23.7 Å². The van der Waals surface area contributed by atoms with Crippen molar-refractivity contribution in [3.8, 4) is 0 Å². The minimum atomic E-state index is -1.26. The Morgan fingerprint density at radius 1 is 1.03 bits per heavy atom. The first-order valence-electron chi connectivity index (χ1n) is 9.29. The van der Waals surface area contributed by atoms with Crippen LogP contribution in [0.2, 0.25) is 0 Å². The molecular weight excluding hydrogens is 412 g/mol. The van der Waals surface area contributed by atoms with Gasteiger partial charge in [-0.2, -0.15) is 0 Å². The van der Waals surface area contributed by atoms with Gasteiger partial charge in [0.1, 0.15) is 12.2 Å². The molecule has 0 bridgehead atoms. The van der Waals surface area contributed by atoms with Gasteiger partial charge in [0.25, 0.3) is 0 Å². The van der Waals surface area contributed by atoms with Crippen LogP contribution in [0.3, 0.4) is 0 Å². The molecule has 0 aromatic heterocycles. The zero-order valence-corrected chi connectivity index (χ0v) is 17.9. The number of azide groups is 2. The van der Waals surface area contributed by atoms with Crippen molar-refractivity contribution in [1.82, 2.24) is 0 Å². The predicted molar refractivity (Wildman–Crippen MR) is 108 cm³/mol. The maximum absolute atomic E-state index is 9.10. The second kappa shape index (κ2) is 9.42. The second-order valence-electron chi connectivity index (χ2n) is 7.04. The van der Waals surface area contributed by atoms with E-state index in [9.17, 15) is 0 Å². The fourth-order valence-corrected chi connectivity index (χ4v) is 4.77. The lowest BCUT2D eigenvalue weighted by Crippen LogP contribution is -2.72. The van der Waals surface area contributed by atoms with E-state index in [-0.39, 0.29) is 6.54 Å². The van der Waals surface area contributed by atoms with Gasteiger partial charge in [-0.1, -0.05) is 28.4 Å². The summed E-state index contributed by atoms with van der Waals surface area (Å²) < 4.78 is 30.0. The number of hydrogen-bond acceptors (Lipinski definition) is 8. The molecule has 3 rings (SSSR count). The van der Waals surface area contributed by atoms with Crippen molar-refractivity contribution in [3.63, 3.8) is 0 Å². The van der Waals surface area contributed by atoms with Crippen molar-refractivity contribution >= 4 is 11.8 Å². The van der Waals surface area contributed by atoms with Crippen LogP contribution in [0.4, 0.5) is 0 Å². The van der Waals surface area contributed by atoms with E-state index < -0.39 is 41.4 Å². The Morgan fingerprint density at radius 3 is 2.23 bits per heavy atom. The highest BCUT2D eigenvalue weighted by Crippen LogP contribution is 2.47. The van der Waals surface area contributed by atoms with Crippen molar-refractivity contribution in [3.05, 3.63) is 51.2 Å². The number of fused-ring (bicyclic) bond motifs is 1. The van der Waals surface area contributed by atoms with Crippen LogP contribution in [-0.4, -0.2) is 62.1 Å². The molecule has 2 heterocycles. The largest absolute Gasteiger partial charge is 0.365 e. The van der Waals surface area contributed by atoms with E-state index in [1.807, 2.05) is 30.3 Å². The quantitative estimate of drug-likeness (QED) is 0.359. The van der Waals surface area contributed by atoms with Gasteiger partial charge in [-0.3, -0.25) is 0 Å². The number of ether oxygens (including phenoxy) is 5. The molecule has 30 heavy (non-hydrogen) atoms. The SMILES string of the molecule is COC1(C)O[C@H]2[C@H](OC1(C)OC)[C@@H](Sc1ccccc1)C(N=[N+]=[N-])O[C@@H]2CN=[N+]=[N-]. The zero-order valence-electron chi connectivity index (χ0n) is 17.1. The molecule has 0 radical (unpaired) electrons. The molecule has 2 aliphatic heterocycles. The first-order chi connectivity index (χ1) is 14.4. The summed E-state index contributed by atoms with van der Waals surface area (Å²) in [5.74, 6) is -2.51. The molecule has 1 aromatic carbocycles. The number of thioether (sulfide) groups is 1. The Kier molecular flexibility index (Phi) is 7.12. The average Bonchev–Trinajstić information content (AvgIpc) is 2.76. The Bertz CT molecular complexity index is 836. The monoisotopic (exact) mass is 436 g/mol. The van der Waals surface area contributed by atoms with Crippen LogP contribution in [0.1, 0.15) is 13.8 Å². The molecule has 1 aromatic rings. The zero-order chi connectivity index (χ0) is 21.8. The maximum Gasteiger partial charge on any atom is 0.220 e. The Labute approximate surface area is 178 Å². The van der Waals surface area contributed by atoms with E-state index in [0.717, 1.165) is 4.90 Å². The number of methoxy groups -OCH3 is 2. The molecule has 11 nitrogen and oxygen atoms in total. The van der Waals surface area contributed by atoms with E-state index in [2.05, 4.69) is 20.1 Å². The lowest BCUT2D eigenvalue weighted by Gasteiger charge is -2.57. The Balaban J connectivity index is 2.03. The summed E-state index contributed by atoms with van der Waals surface area (Å²) in [5.41, 5.74) is 17.9. The lowest BCUT2D eigenvalue weighted by molar-refractivity contribution is -0.461. The van der Waals surface area contributed by atoms with Gasteiger partial charge in [0.2, 0.25) is 11.6 Å². The van der Waals surface area contributed by atoms with Crippen LogP contribution in [0.15, 0.2) is 45.5 Å². The molecule has 0 saturated carbocycles. The minimum Gasteiger partial charge on any atom is -0.365 e. The molecular formula is C18H24N6O5S. The third kappa shape index (κ3) is 4.22. The summed E-state index contributed by atoms with van der Waals surface area (Å²) in [6.07, 6.45) is -2.84. The molecule has 0 spiro atoms. The van der Waals surface area contributed by atoms with Crippen LogP contribution in [0, 0.1) is 0 Å². The van der Waals surface area contributed by atoms with Crippen LogP contribution in [0.25, 0.3) is 20.9 Å². The molecule has 0 N–H and O–H groups in total. The predicted octanol–water partition coefficient (Wildman–Crippen LogP) is 4.00. The number of nitrogens with zero attached hydrogens (tertiary/aromatic N) is 6. The highest BCUT2D eigenvalue weighted by molar-refractivity contribution is 8.00. The fraction of sp³-hybridized carbons (Fsp3) is 0.667. The summed E-state index contributed by atoms with van der Waals surface area (Å²) >= 11 is 1.45.